The third-order valence-corrected chi connectivity index (χ3v) is 1.43. The van der Waals surface area contributed by atoms with Crippen molar-refractivity contribution in [3.05, 3.63) is 0 Å². The lowest BCUT2D eigenvalue weighted by Crippen LogP contribution is -2.59. The van der Waals surface area contributed by atoms with Gasteiger partial charge in [0.1, 0.15) is 0 Å². The number of hydrogen-bond donors (Lipinski definition) is 1. The van der Waals surface area contributed by atoms with Crippen LogP contribution in [-0.4, -0.2) is 32.0 Å². The first-order valence-corrected chi connectivity index (χ1v) is 3.10. The van der Waals surface area contributed by atoms with Crippen LogP contribution in [0.1, 0.15) is 6.92 Å². The van der Waals surface area contributed by atoms with Crippen LogP contribution >= 0.6 is 0 Å². The Kier molecular flexibility index (Phi) is 1.80. The molecule has 0 saturated carbocycles. The lowest BCUT2D eigenvalue weighted by atomic mass is 10.0. The SMILES string of the molecule is COC(=O)NC1(C)COC1. The van der Waals surface area contributed by atoms with Crippen LogP contribution in [0.3, 0.4) is 0 Å². The predicted molar refractivity (Wildman–Crippen MR) is 34.8 cm³/mol. The normalized spacial score (nSPS) is 21.0. The van der Waals surface area contributed by atoms with Gasteiger partial charge in [0.2, 0.25) is 0 Å². The van der Waals surface area contributed by atoms with E-state index < -0.39 is 6.09 Å². The summed E-state index contributed by atoms with van der Waals surface area (Å²) in [6.07, 6.45) is -0.397. The molecule has 58 valence electrons. The van der Waals surface area contributed by atoms with Crippen LogP contribution in [-0.2, 0) is 9.47 Å². The molecule has 1 saturated heterocycles. The third-order valence-electron chi connectivity index (χ3n) is 1.43. The van der Waals surface area contributed by atoms with E-state index in [0.29, 0.717) is 13.2 Å². The molecular formula is C6H11NO3. The highest BCUT2D eigenvalue weighted by Gasteiger charge is 2.34. The molecule has 0 spiro atoms. The highest BCUT2D eigenvalue weighted by Crippen LogP contribution is 2.14. The summed E-state index contributed by atoms with van der Waals surface area (Å²) >= 11 is 0. The number of carbonyl (C=O) groups is 1. The lowest BCUT2D eigenvalue weighted by Gasteiger charge is -2.37. The van der Waals surface area contributed by atoms with Crippen molar-refractivity contribution < 1.29 is 14.3 Å². The van der Waals surface area contributed by atoms with Crippen molar-refractivity contribution >= 4 is 6.09 Å². The number of methoxy groups -OCH3 is 1. The monoisotopic (exact) mass is 145 g/mol. The molecule has 4 heteroatoms. The number of amides is 1. The molecule has 0 aromatic heterocycles. The van der Waals surface area contributed by atoms with Crippen LogP contribution < -0.4 is 5.32 Å². The molecule has 0 bridgehead atoms. The van der Waals surface area contributed by atoms with Gasteiger partial charge in [-0.3, -0.25) is 0 Å². The molecule has 0 aliphatic carbocycles. The van der Waals surface area contributed by atoms with E-state index in [1.807, 2.05) is 6.92 Å². The maximum Gasteiger partial charge on any atom is 0.407 e. The molecule has 1 N–H and O–H groups in total. The van der Waals surface area contributed by atoms with E-state index in [-0.39, 0.29) is 5.54 Å². The molecule has 4 nitrogen and oxygen atoms in total. The second kappa shape index (κ2) is 2.46. The molecule has 1 rings (SSSR count). The Morgan fingerprint density at radius 2 is 2.30 bits per heavy atom. The quantitative estimate of drug-likeness (QED) is 0.570. The summed E-state index contributed by atoms with van der Waals surface area (Å²) in [7, 11) is 1.35. The van der Waals surface area contributed by atoms with Gasteiger partial charge < -0.3 is 14.8 Å². The Labute approximate surface area is 59.5 Å². The van der Waals surface area contributed by atoms with Gasteiger partial charge in [-0.05, 0) is 6.92 Å². The fourth-order valence-corrected chi connectivity index (χ4v) is 0.778. The second-order valence-electron chi connectivity index (χ2n) is 2.67. The molecule has 1 aliphatic heterocycles. The molecular weight excluding hydrogens is 134 g/mol. The summed E-state index contributed by atoms with van der Waals surface area (Å²) < 4.78 is 9.33. The molecule has 1 amide bonds. The topological polar surface area (TPSA) is 47.6 Å². The summed E-state index contributed by atoms with van der Waals surface area (Å²) in [5, 5.41) is 2.66. The van der Waals surface area contributed by atoms with Gasteiger partial charge in [0.25, 0.3) is 0 Å². The van der Waals surface area contributed by atoms with E-state index in [0.717, 1.165) is 0 Å². The number of ether oxygens (including phenoxy) is 2. The molecule has 0 radical (unpaired) electrons. The van der Waals surface area contributed by atoms with E-state index in [9.17, 15) is 4.79 Å². The summed E-state index contributed by atoms with van der Waals surface area (Å²) in [6.45, 7) is 3.05. The van der Waals surface area contributed by atoms with E-state index >= 15 is 0 Å². The van der Waals surface area contributed by atoms with E-state index in [1.165, 1.54) is 7.11 Å². The fraction of sp³-hybridized carbons (Fsp3) is 0.833. The first-order valence-electron chi connectivity index (χ1n) is 3.10. The number of nitrogens with one attached hydrogen (secondary N) is 1. The molecule has 10 heavy (non-hydrogen) atoms. The fourth-order valence-electron chi connectivity index (χ4n) is 0.778. The van der Waals surface area contributed by atoms with Crippen LogP contribution in [0.25, 0.3) is 0 Å². The van der Waals surface area contributed by atoms with Gasteiger partial charge in [-0.15, -0.1) is 0 Å². The maximum absolute atomic E-state index is 10.6. The smallest absolute Gasteiger partial charge is 0.407 e. The highest BCUT2D eigenvalue weighted by molar-refractivity contribution is 5.68. The third kappa shape index (κ3) is 1.39. The van der Waals surface area contributed by atoms with Gasteiger partial charge in [0.05, 0.1) is 25.9 Å². The Hall–Kier alpha value is -0.770. The average Bonchev–Trinajstić information content (AvgIpc) is 1.84. The van der Waals surface area contributed by atoms with Crippen LogP contribution in [0, 0.1) is 0 Å². The molecule has 1 aliphatic rings. The summed E-state index contributed by atoms with van der Waals surface area (Å²) in [5.41, 5.74) is -0.201. The summed E-state index contributed by atoms with van der Waals surface area (Å²) in [5.74, 6) is 0. The summed E-state index contributed by atoms with van der Waals surface area (Å²) in [6, 6.07) is 0. The zero-order chi connectivity index (χ0) is 7.61. The van der Waals surface area contributed by atoms with E-state index in [2.05, 4.69) is 10.1 Å². The first kappa shape index (κ1) is 7.34. The van der Waals surface area contributed by atoms with Crippen LogP contribution in [0.5, 0.6) is 0 Å². The number of alkyl carbamates (subject to hydrolysis) is 1. The zero-order valence-corrected chi connectivity index (χ0v) is 6.14. The molecule has 0 unspecified atom stereocenters. The molecule has 0 aromatic rings. The number of carbonyl (C=O) groups excluding carboxylic acids is 1. The number of rotatable bonds is 1. The highest BCUT2D eigenvalue weighted by atomic mass is 16.5. The van der Waals surface area contributed by atoms with Crippen molar-refractivity contribution in [2.24, 2.45) is 0 Å². The average molecular weight is 145 g/mol. The van der Waals surface area contributed by atoms with Gasteiger partial charge in [0.15, 0.2) is 0 Å². The Bertz CT molecular complexity index is 142. The van der Waals surface area contributed by atoms with E-state index in [1.54, 1.807) is 0 Å². The van der Waals surface area contributed by atoms with Crippen molar-refractivity contribution in [2.75, 3.05) is 20.3 Å². The lowest BCUT2D eigenvalue weighted by molar-refractivity contribution is -0.0610. The van der Waals surface area contributed by atoms with Crippen molar-refractivity contribution in [2.45, 2.75) is 12.5 Å². The van der Waals surface area contributed by atoms with Crippen molar-refractivity contribution in [3.63, 3.8) is 0 Å². The standard InChI is InChI=1S/C6H11NO3/c1-6(3-10-4-6)7-5(8)9-2/h3-4H2,1-2H3,(H,7,8). The van der Waals surface area contributed by atoms with Gasteiger partial charge in [0, 0.05) is 0 Å². The minimum absolute atomic E-state index is 0.201. The van der Waals surface area contributed by atoms with Crippen molar-refractivity contribution in [1.82, 2.24) is 5.32 Å². The van der Waals surface area contributed by atoms with Gasteiger partial charge >= 0.3 is 6.09 Å². The van der Waals surface area contributed by atoms with Gasteiger partial charge in [-0.2, -0.15) is 0 Å². The van der Waals surface area contributed by atoms with Crippen molar-refractivity contribution in [3.8, 4) is 0 Å². The molecule has 1 fully saturated rings. The minimum Gasteiger partial charge on any atom is -0.453 e. The molecule has 1 heterocycles. The van der Waals surface area contributed by atoms with E-state index in [4.69, 9.17) is 4.74 Å². The van der Waals surface area contributed by atoms with Crippen LogP contribution in [0.4, 0.5) is 4.79 Å². The predicted octanol–water partition coefficient (Wildman–Crippen LogP) is 0.131. The number of hydrogen-bond acceptors (Lipinski definition) is 3. The van der Waals surface area contributed by atoms with Gasteiger partial charge in [-0.1, -0.05) is 0 Å². The summed E-state index contributed by atoms with van der Waals surface area (Å²) in [4.78, 5) is 10.6. The zero-order valence-electron chi connectivity index (χ0n) is 6.14. The Morgan fingerprint density at radius 1 is 1.70 bits per heavy atom. The van der Waals surface area contributed by atoms with Crippen LogP contribution in [0.15, 0.2) is 0 Å². The minimum atomic E-state index is -0.397. The Morgan fingerprint density at radius 3 is 2.60 bits per heavy atom. The van der Waals surface area contributed by atoms with Crippen LogP contribution in [0.2, 0.25) is 0 Å². The molecule has 0 aromatic carbocycles. The Balaban J connectivity index is 2.29. The molecule has 0 atom stereocenters. The maximum atomic E-state index is 10.6. The largest absolute Gasteiger partial charge is 0.453 e. The first-order chi connectivity index (χ1) is 4.66. The van der Waals surface area contributed by atoms with Gasteiger partial charge in [-0.25, -0.2) is 4.79 Å². The second-order valence-corrected chi connectivity index (χ2v) is 2.67. The van der Waals surface area contributed by atoms with Crippen molar-refractivity contribution in [1.29, 1.82) is 0 Å².